The molecule has 1 heterocycles. The molecule has 8 nitrogen and oxygen atoms in total. The van der Waals surface area contributed by atoms with Crippen LogP contribution in [0.4, 0.5) is 9.59 Å². The predicted octanol–water partition coefficient (Wildman–Crippen LogP) is 10.3. The molecule has 1 aliphatic rings. The van der Waals surface area contributed by atoms with Crippen LogP contribution in [-0.4, -0.2) is 80.4 Å². The molecule has 0 N–H and O–H groups in total. The van der Waals surface area contributed by atoms with Gasteiger partial charge in [0.15, 0.2) is 8.32 Å². The van der Waals surface area contributed by atoms with Crippen molar-refractivity contribution in [3.05, 3.63) is 108 Å². The molecule has 9 heteroatoms. The van der Waals surface area contributed by atoms with Crippen LogP contribution >= 0.6 is 0 Å². The van der Waals surface area contributed by atoms with E-state index >= 15 is 0 Å². The molecule has 1 saturated heterocycles. The average molecular weight is 745 g/mol. The van der Waals surface area contributed by atoms with Crippen molar-refractivity contribution in [2.24, 2.45) is 5.92 Å². The molecular formula is C44H64N2O6Si. The van der Waals surface area contributed by atoms with E-state index in [9.17, 15) is 9.59 Å². The molecule has 4 rings (SSSR count). The lowest BCUT2D eigenvalue weighted by molar-refractivity contribution is -0.0109. The molecule has 0 aromatic heterocycles. The largest absolute Gasteiger partial charge is 0.444 e. The minimum Gasteiger partial charge on any atom is -0.444 e. The number of nitrogens with zero attached hydrogens (tertiary/aromatic N) is 2. The molecule has 3 atom stereocenters. The maximum absolute atomic E-state index is 14.0. The standard InChI is InChI=1S/C44H64N2O6Si/c1-41(2,3)50-39(47)45(10)31-33(38-30-37(52-53(11,12)43(7,8)9)32-46(38)40(48)51-42(4,5)6)28-29-49-44(34-22-16-13-17-23-34,35-24-18-14-19-25-35)36-26-20-15-21-27-36/h13-27,33,37-38H,28-32H2,1-12H3. The van der Waals surface area contributed by atoms with Gasteiger partial charge in [-0.3, -0.25) is 0 Å². The topological polar surface area (TPSA) is 77.5 Å². The fourth-order valence-corrected chi connectivity index (χ4v) is 8.14. The molecule has 3 aromatic rings. The third kappa shape index (κ3) is 11.0. The van der Waals surface area contributed by atoms with Gasteiger partial charge in [-0.05, 0) is 95.1 Å². The minimum atomic E-state index is -2.17. The van der Waals surface area contributed by atoms with E-state index in [4.69, 9.17) is 18.6 Å². The molecule has 0 radical (unpaired) electrons. The molecule has 1 fully saturated rings. The van der Waals surface area contributed by atoms with Gasteiger partial charge in [0.05, 0.1) is 6.10 Å². The maximum Gasteiger partial charge on any atom is 0.410 e. The highest BCUT2D eigenvalue weighted by atomic mass is 28.4. The molecule has 0 spiro atoms. The third-order valence-electron chi connectivity index (χ3n) is 10.3. The van der Waals surface area contributed by atoms with Crippen molar-refractivity contribution < 1.29 is 28.2 Å². The van der Waals surface area contributed by atoms with Crippen LogP contribution in [0, 0.1) is 5.92 Å². The number of rotatable bonds is 12. The van der Waals surface area contributed by atoms with Crippen molar-refractivity contribution in [1.82, 2.24) is 9.80 Å². The Hall–Kier alpha value is -3.66. The van der Waals surface area contributed by atoms with E-state index in [-0.39, 0.29) is 29.2 Å². The Labute approximate surface area is 320 Å². The van der Waals surface area contributed by atoms with Gasteiger partial charge in [0.25, 0.3) is 0 Å². The van der Waals surface area contributed by atoms with Crippen molar-refractivity contribution in [2.75, 3.05) is 26.7 Å². The molecular weight excluding hydrogens is 681 g/mol. The second-order valence-electron chi connectivity index (χ2n) is 18.0. The van der Waals surface area contributed by atoms with E-state index in [0.29, 0.717) is 32.5 Å². The summed E-state index contributed by atoms with van der Waals surface area (Å²) in [6.07, 6.45) is 0.229. The van der Waals surface area contributed by atoms with Crippen molar-refractivity contribution >= 4 is 20.5 Å². The second-order valence-corrected chi connectivity index (χ2v) is 22.7. The number of carbonyl (C=O) groups is 2. The summed E-state index contributed by atoms with van der Waals surface area (Å²) in [6.45, 7) is 23.5. The molecule has 290 valence electrons. The first-order valence-corrected chi connectivity index (χ1v) is 22.0. The van der Waals surface area contributed by atoms with E-state index in [1.165, 1.54) is 0 Å². The fourth-order valence-electron chi connectivity index (χ4n) is 6.79. The first-order chi connectivity index (χ1) is 24.6. The van der Waals surface area contributed by atoms with Crippen LogP contribution in [0.15, 0.2) is 91.0 Å². The van der Waals surface area contributed by atoms with Gasteiger partial charge >= 0.3 is 12.2 Å². The summed E-state index contributed by atoms with van der Waals surface area (Å²) in [4.78, 5) is 30.9. The minimum absolute atomic E-state index is 0.00164. The molecule has 1 aliphatic heterocycles. The number of hydrogen-bond acceptors (Lipinski definition) is 6. The summed E-state index contributed by atoms with van der Waals surface area (Å²) in [5.74, 6) is -0.187. The van der Waals surface area contributed by atoms with Gasteiger partial charge in [-0.1, -0.05) is 112 Å². The number of ether oxygens (including phenoxy) is 3. The number of carbonyl (C=O) groups excluding carboxylic acids is 2. The van der Waals surface area contributed by atoms with Gasteiger partial charge < -0.3 is 28.4 Å². The first-order valence-electron chi connectivity index (χ1n) is 19.0. The van der Waals surface area contributed by atoms with Gasteiger partial charge in [0.1, 0.15) is 16.8 Å². The van der Waals surface area contributed by atoms with Crippen LogP contribution in [0.25, 0.3) is 0 Å². The summed E-state index contributed by atoms with van der Waals surface area (Å²) in [6, 6.07) is 30.7. The zero-order chi connectivity index (χ0) is 39.2. The van der Waals surface area contributed by atoms with Gasteiger partial charge in [-0.15, -0.1) is 0 Å². The Kier molecular flexibility index (Phi) is 13.3. The average Bonchev–Trinajstić information content (AvgIpc) is 3.48. The van der Waals surface area contributed by atoms with Crippen LogP contribution in [0.3, 0.4) is 0 Å². The smallest absolute Gasteiger partial charge is 0.410 e. The number of likely N-dealkylation sites (tertiary alicyclic amines) is 1. The first kappa shape index (κ1) is 42.1. The lowest BCUT2D eigenvalue weighted by Gasteiger charge is -2.38. The Bertz CT molecular complexity index is 1520. The summed E-state index contributed by atoms with van der Waals surface area (Å²) < 4.78 is 26.0. The highest BCUT2D eigenvalue weighted by Crippen LogP contribution is 2.42. The van der Waals surface area contributed by atoms with Gasteiger partial charge in [0, 0.05) is 32.8 Å². The molecule has 0 saturated carbocycles. The van der Waals surface area contributed by atoms with Crippen LogP contribution in [-0.2, 0) is 24.2 Å². The Morgan fingerprint density at radius 3 is 1.62 bits per heavy atom. The van der Waals surface area contributed by atoms with Gasteiger partial charge in [-0.25, -0.2) is 9.59 Å². The summed E-state index contributed by atoms with van der Waals surface area (Å²) in [5.41, 5.74) is 0.812. The summed E-state index contributed by atoms with van der Waals surface area (Å²) >= 11 is 0. The van der Waals surface area contributed by atoms with Crippen molar-refractivity contribution in [3.8, 4) is 0 Å². The van der Waals surface area contributed by atoms with Crippen molar-refractivity contribution in [2.45, 2.75) is 122 Å². The highest BCUT2D eigenvalue weighted by molar-refractivity contribution is 6.74. The molecule has 3 unspecified atom stereocenters. The third-order valence-corrected chi connectivity index (χ3v) is 14.8. The Morgan fingerprint density at radius 2 is 1.21 bits per heavy atom. The lowest BCUT2D eigenvalue weighted by Crippen LogP contribution is -2.47. The van der Waals surface area contributed by atoms with Crippen LogP contribution < -0.4 is 0 Å². The summed E-state index contributed by atoms with van der Waals surface area (Å²) in [7, 11) is -0.409. The van der Waals surface area contributed by atoms with E-state index < -0.39 is 31.2 Å². The van der Waals surface area contributed by atoms with Crippen LogP contribution in [0.2, 0.25) is 18.1 Å². The van der Waals surface area contributed by atoms with Crippen LogP contribution in [0.1, 0.15) is 91.8 Å². The highest BCUT2D eigenvalue weighted by Gasteiger charge is 2.47. The van der Waals surface area contributed by atoms with Gasteiger partial charge in [-0.2, -0.15) is 0 Å². The van der Waals surface area contributed by atoms with Gasteiger partial charge in [0.2, 0.25) is 0 Å². The molecule has 53 heavy (non-hydrogen) atoms. The Morgan fingerprint density at radius 1 is 0.755 bits per heavy atom. The second kappa shape index (κ2) is 16.8. The van der Waals surface area contributed by atoms with Crippen molar-refractivity contribution in [1.29, 1.82) is 0 Å². The summed E-state index contributed by atoms with van der Waals surface area (Å²) in [5, 5.41) is 0.00164. The maximum atomic E-state index is 14.0. The number of amides is 2. The molecule has 0 aliphatic carbocycles. The van der Waals surface area contributed by atoms with Crippen molar-refractivity contribution in [3.63, 3.8) is 0 Å². The number of benzene rings is 3. The SMILES string of the molecule is CN(CC(CCOC(c1ccccc1)(c1ccccc1)c1ccccc1)C1CC(O[Si](C)(C)C(C)(C)C)CN1C(=O)OC(C)(C)C)C(=O)OC(C)(C)C. The number of hydrogen-bond donors (Lipinski definition) is 0. The fraction of sp³-hybridized carbons (Fsp3) is 0.545. The monoisotopic (exact) mass is 744 g/mol. The zero-order valence-corrected chi connectivity index (χ0v) is 35.3. The molecule has 2 amide bonds. The van der Waals surface area contributed by atoms with E-state index in [1.54, 1.807) is 11.9 Å². The zero-order valence-electron chi connectivity index (χ0n) is 34.3. The van der Waals surface area contributed by atoms with Crippen LogP contribution in [0.5, 0.6) is 0 Å². The lowest BCUT2D eigenvalue weighted by atomic mass is 9.80. The predicted molar refractivity (Wildman–Crippen MR) is 216 cm³/mol. The molecule has 3 aromatic carbocycles. The Balaban J connectivity index is 1.75. The molecule has 0 bridgehead atoms. The normalized spacial score (nSPS) is 17.7. The van der Waals surface area contributed by atoms with E-state index in [2.05, 4.69) is 70.3 Å². The quantitative estimate of drug-likeness (QED) is 0.136. The van der Waals surface area contributed by atoms with E-state index in [1.807, 2.05) is 101 Å². The van der Waals surface area contributed by atoms with E-state index in [0.717, 1.165) is 16.7 Å².